The lowest BCUT2D eigenvalue weighted by atomic mass is 9.44. The Morgan fingerprint density at radius 2 is 1.53 bits per heavy atom. The average molecular weight is 417 g/mol. The van der Waals surface area contributed by atoms with Crippen LogP contribution in [0.25, 0.3) is 0 Å². The fourth-order valence-electron chi connectivity index (χ4n) is 9.90. The maximum absolute atomic E-state index is 10.3. The summed E-state index contributed by atoms with van der Waals surface area (Å²) in [6, 6.07) is 0. The van der Waals surface area contributed by atoms with E-state index in [1.165, 1.54) is 64.2 Å². The van der Waals surface area contributed by atoms with Gasteiger partial charge in [-0.2, -0.15) is 0 Å². The van der Waals surface area contributed by atoms with Crippen molar-refractivity contribution in [1.82, 2.24) is 0 Å². The Hall–Kier alpha value is -0.0400. The molecular formula is C29H52O. The second-order valence-corrected chi connectivity index (χ2v) is 13.3. The van der Waals surface area contributed by atoms with E-state index in [2.05, 4.69) is 41.5 Å². The van der Waals surface area contributed by atoms with Gasteiger partial charge in [-0.1, -0.05) is 54.4 Å². The summed E-state index contributed by atoms with van der Waals surface area (Å²) in [6.07, 6.45) is 16.5. The summed E-state index contributed by atoms with van der Waals surface area (Å²) in [5.74, 6) is 7.34. The highest BCUT2D eigenvalue weighted by Crippen LogP contribution is 2.68. The maximum atomic E-state index is 10.3. The number of rotatable bonds is 6. The topological polar surface area (TPSA) is 20.2 Å². The molecule has 6 unspecified atom stereocenters. The molecule has 0 amide bonds. The summed E-state index contributed by atoms with van der Waals surface area (Å²) in [4.78, 5) is 0. The van der Waals surface area contributed by atoms with Crippen LogP contribution in [0.1, 0.15) is 119 Å². The highest BCUT2D eigenvalue weighted by molar-refractivity contribution is 5.09. The molecule has 0 spiro atoms. The number of aliphatic hydroxyl groups is 1. The molecule has 1 heteroatoms. The Kier molecular flexibility index (Phi) is 6.72. The first-order valence-electron chi connectivity index (χ1n) is 13.9. The fraction of sp³-hybridized carbons (Fsp3) is 1.00. The lowest BCUT2D eigenvalue weighted by molar-refractivity contribution is -0.129. The van der Waals surface area contributed by atoms with Crippen LogP contribution in [-0.2, 0) is 0 Å². The molecule has 1 N–H and O–H groups in total. The Labute approximate surface area is 188 Å². The molecule has 0 heterocycles. The van der Waals surface area contributed by atoms with E-state index in [9.17, 15) is 5.11 Å². The van der Waals surface area contributed by atoms with Gasteiger partial charge in [0.15, 0.2) is 0 Å². The Bertz CT molecular complexity index is 583. The smallest absolute Gasteiger partial charge is 0.0543 e. The van der Waals surface area contributed by atoms with Crippen LogP contribution in [0, 0.1) is 58.2 Å². The molecular weight excluding hydrogens is 364 g/mol. The first kappa shape index (κ1) is 23.1. The van der Waals surface area contributed by atoms with Crippen LogP contribution in [0.2, 0.25) is 0 Å². The zero-order valence-electron chi connectivity index (χ0n) is 21.1. The summed E-state index contributed by atoms with van der Waals surface area (Å²) in [5, 5.41) is 10.3. The predicted molar refractivity (Wildman–Crippen MR) is 128 cm³/mol. The van der Waals surface area contributed by atoms with E-state index in [-0.39, 0.29) is 6.10 Å². The Morgan fingerprint density at radius 1 is 0.833 bits per heavy atom. The molecule has 174 valence electrons. The molecule has 4 rings (SSSR count). The maximum Gasteiger partial charge on any atom is 0.0543 e. The number of hydrogen-bond donors (Lipinski definition) is 1. The van der Waals surface area contributed by atoms with Crippen molar-refractivity contribution in [1.29, 1.82) is 0 Å². The number of hydrogen-bond acceptors (Lipinski definition) is 1. The van der Waals surface area contributed by atoms with Gasteiger partial charge in [-0.25, -0.2) is 0 Å². The van der Waals surface area contributed by atoms with E-state index in [0.29, 0.717) is 10.8 Å². The third-order valence-electron chi connectivity index (χ3n) is 11.9. The summed E-state index contributed by atoms with van der Waals surface area (Å²) < 4.78 is 0. The largest absolute Gasteiger partial charge is 0.393 e. The normalized spacial score (nSPS) is 48.0. The zero-order chi connectivity index (χ0) is 21.7. The van der Waals surface area contributed by atoms with Crippen LogP contribution < -0.4 is 0 Å². The van der Waals surface area contributed by atoms with Crippen LogP contribution >= 0.6 is 0 Å². The van der Waals surface area contributed by atoms with Gasteiger partial charge in [-0.15, -0.1) is 0 Å². The van der Waals surface area contributed by atoms with Gasteiger partial charge in [0.05, 0.1) is 6.10 Å². The second-order valence-electron chi connectivity index (χ2n) is 13.3. The van der Waals surface area contributed by atoms with Crippen LogP contribution in [0.5, 0.6) is 0 Å². The van der Waals surface area contributed by atoms with Crippen molar-refractivity contribution < 1.29 is 5.11 Å². The second kappa shape index (κ2) is 8.72. The molecule has 0 saturated heterocycles. The molecule has 0 radical (unpaired) electrons. The molecule has 0 bridgehead atoms. The van der Waals surface area contributed by atoms with E-state index >= 15 is 0 Å². The molecule has 0 aliphatic heterocycles. The quantitative estimate of drug-likeness (QED) is 0.463. The Morgan fingerprint density at radius 3 is 2.23 bits per heavy atom. The lowest BCUT2D eigenvalue weighted by Gasteiger charge is -2.61. The monoisotopic (exact) mass is 416 g/mol. The van der Waals surface area contributed by atoms with E-state index in [1.807, 2.05) is 0 Å². The van der Waals surface area contributed by atoms with Crippen molar-refractivity contribution in [2.45, 2.75) is 125 Å². The van der Waals surface area contributed by atoms with E-state index in [4.69, 9.17) is 0 Å². The van der Waals surface area contributed by atoms with E-state index < -0.39 is 0 Å². The third kappa shape index (κ3) is 3.82. The first-order valence-corrected chi connectivity index (χ1v) is 13.9. The van der Waals surface area contributed by atoms with Gasteiger partial charge in [0.2, 0.25) is 0 Å². The Balaban J connectivity index is 1.45. The van der Waals surface area contributed by atoms with E-state index in [0.717, 1.165) is 60.2 Å². The van der Waals surface area contributed by atoms with Crippen LogP contribution in [0.4, 0.5) is 0 Å². The zero-order valence-corrected chi connectivity index (χ0v) is 21.1. The number of fused-ring (bicyclic) bond motifs is 5. The van der Waals surface area contributed by atoms with Gasteiger partial charge < -0.3 is 5.11 Å². The minimum atomic E-state index is -0.0111. The molecule has 4 saturated carbocycles. The molecule has 4 fully saturated rings. The van der Waals surface area contributed by atoms with Crippen molar-refractivity contribution in [3.05, 3.63) is 0 Å². The fourth-order valence-corrected chi connectivity index (χ4v) is 9.90. The molecule has 4 aliphatic carbocycles. The van der Waals surface area contributed by atoms with Gasteiger partial charge in [-0.05, 0) is 122 Å². The van der Waals surface area contributed by atoms with Crippen molar-refractivity contribution in [3.63, 3.8) is 0 Å². The summed E-state index contributed by atoms with van der Waals surface area (Å²) >= 11 is 0. The molecule has 4 aliphatic rings. The molecule has 0 aromatic heterocycles. The van der Waals surface area contributed by atoms with E-state index in [1.54, 1.807) is 0 Å². The highest BCUT2D eigenvalue weighted by Gasteiger charge is 2.60. The van der Waals surface area contributed by atoms with Crippen LogP contribution in [0.15, 0.2) is 0 Å². The summed E-state index contributed by atoms with van der Waals surface area (Å²) in [7, 11) is 0. The molecule has 10 atom stereocenters. The van der Waals surface area contributed by atoms with Gasteiger partial charge in [-0.3, -0.25) is 0 Å². The van der Waals surface area contributed by atoms with Crippen molar-refractivity contribution in [2.75, 3.05) is 0 Å². The van der Waals surface area contributed by atoms with Crippen molar-refractivity contribution in [2.24, 2.45) is 58.2 Å². The van der Waals surface area contributed by atoms with Gasteiger partial charge in [0.25, 0.3) is 0 Å². The molecule has 0 aromatic carbocycles. The standard InChI is InChI=1S/C29H52O/c1-7-21(19(2)3)9-8-20(4)25-12-13-26-24-11-10-22-18-23(30)14-16-28(22,5)27(24)15-17-29(25,26)6/h19-27,30H,7-18H2,1-6H3/t20-,21?,22?,23?,24?,25-,26?,27?,28+,29-/m1/s1. The minimum Gasteiger partial charge on any atom is -0.393 e. The van der Waals surface area contributed by atoms with Gasteiger partial charge >= 0.3 is 0 Å². The SMILES string of the molecule is CCC(CC[C@@H](C)[C@H]1CCC2C3CCC4CC(O)CC[C@]4(C)C3CC[C@@]21C)C(C)C. The van der Waals surface area contributed by atoms with Crippen LogP contribution in [-0.4, -0.2) is 11.2 Å². The van der Waals surface area contributed by atoms with Crippen LogP contribution in [0.3, 0.4) is 0 Å². The van der Waals surface area contributed by atoms with Gasteiger partial charge in [0.1, 0.15) is 0 Å². The van der Waals surface area contributed by atoms with Gasteiger partial charge in [0, 0.05) is 0 Å². The van der Waals surface area contributed by atoms with Crippen molar-refractivity contribution >= 4 is 0 Å². The highest BCUT2D eigenvalue weighted by atomic mass is 16.3. The third-order valence-corrected chi connectivity index (χ3v) is 11.9. The predicted octanol–water partition coefficient (Wildman–Crippen LogP) is 8.10. The minimum absolute atomic E-state index is 0.0111. The summed E-state index contributed by atoms with van der Waals surface area (Å²) in [6.45, 7) is 15.2. The number of aliphatic hydroxyl groups excluding tert-OH is 1. The molecule has 1 nitrogen and oxygen atoms in total. The lowest BCUT2D eigenvalue weighted by Crippen LogP contribution is -2.54. The summed E-state index contributed by atoms with van der Waals surface area (Å²) in [5.41, 5.74) is 1.14. The molecule has 30 heavy (non-hydrogen) atoms. The first-order chi connectivity index (χ1) is 14.2. The molecule has 0 aromatic rings. The average Bonchev–Trinajstić information content (AvgIpc) is 3.06. The van der Waals surface area contributed by atoms with Crippen molar-refractivity contribution in [3.8, 4) is 0 Å².